The van der Waals surface area contributed by atoms with Crippen LogP contribution < -0.4 is 10.6 Å². The number of benzene rings is 1. The molecule has 100 valence electrons. The van der Waals surface area contributed by atoms with Crippen molar-refractivity contribution < 1.29 is 14.3 Å². The molecule has 0 heterocycles. The van der Waals surface area contributed by atoms with Gasteiger partial charge in [-0.05, 0) is 39.0 Å². The zero-order chi connectivity index (χ0) is 13.8. The van der Waals surface area contributed by atoms with Crippen molar-refractivity contribution in [3.8, 4) is 0 Å². The van der Waals surface area contributed by atoms with E-state index < -0.39 is 11.8 Å². The fraction of sp³-hybridized carbons (Fsp3) is 0.462. The molecule has 3 N–H and O–H groups in total. The van der Waals surface area contributed by atoms with Crippen LogP contribution >= 0.6 is 0 Å². The summed E-state index contributed by atoms with van der Waals surface area (Å²) in [5, 5.41) is 15.1. The lowest BCUT2D eigenvalue weighted by Gasteiger charge is -2.20. The third-order valence-corrected chi connectivity index (χ3v) is 2.31. The lowest BCUT2D eigenvalue weighted by molar-refractivity contribution is 0.0692. The monoisotopic (exact) mass is 254 g/mol. The predicted octanol–water partition coefficient (Wildman–Crippen LogP) is 2.32. The molecule has 1 aromatic carbocycles. The van der Waals surface area contributed by atoms with Gasteiger partial charge in [-0.1, -0.05) is 0 Å². The Kier molecular flexibility index (Phi) is 4.67. The van der Waals surface area contributed by atoms with Crippen molar-refractivity contribution >= 4 is 11.7 Å². The number of rotatable bonds is 5. The Morgan fingerprint density at radius 2 is 2.00 bits per heavy atom. The Morgan fingerprint density at radius 1 is 1.33 bits per heavy atom. The van der Waals surface area contributed by atoms with Gasteiger partial charge in [-0.25, -0.2) is 9.18 Å². The van der Waals surface area contributed by atoms with Gasteiger partial charge in [0.05, 0.1) is 5.56 Å². The first-order valence-electron chi connectivity index (χ1n) is 5.81. The average Bonchev–Trinajstić information content (AvgIpc) is 2.24. The van der Waals surface area contributed by atoms with E-state index in [4.69, 9.17) is 5.11 Å². The van der Waals surface area contributed by atoms with Gasteiger partial charge in [-0.15, -0.1) is 0 Å². The van der Waals surface area contributed by atoms with Crippen LogP contribution in [0.1, 0.15) is 31.1 Å². The Labute approximate surface area is 106 Å². The number of carbonyl (C=O) groups is 1. The molecule has 4 nitrogen and oxygen atoms in total. The van der Waals surface area contributed by atoms with E-state index in [-0.39, 0.29) is 11.1 Å². The van der Waals surface area contributed by atoms with E-state index in [2.05, 4.69) is 31.4 Å². The predicted molar refractivity (Wildman–Crippen MR) is 69.6 cm³/mol. The van der Waals surface area contributed by atoms with Crippen molar-refractivity contribution in [3.63, 3.8) is 0 Å². The first kappa shape index (κ1) is 14.4. The summed E-state index contributed by atoms with van der Waals surface area (Å²) in [6, 6.07) is 3.98. The summed E-state index contributed by atoms with van der Waals surface area (Å²) in [6.07, 6.45) is 0. The maximum atomic E-state index is 13.1. The minimum atomic E-state index is -1.26. The molecule has 1 aromatic rings. The van der Waals surface area contributed by atoms with Crippen LogP contribution in [0, 0.1) is 5.82 Å². The zero-order valence-electron chi connectivity index (χ0n) is 10.9. The molecule has 0 aromatic heterocycles. The Morgan fingerprint density at radius 3 is 2.56 bits per heavy atom. The second kappa shape index (κ2) is 5.82. The molecule has 0 aliphatic rings. The zero-order valence-corrected chi connectivity index (χ0v) is 10.9. The van der Waals surface area contributed by atoms with Crippen LogP contribution in [0.25, 0.3) is 0 Å². The molecular formula is C13H19FN2O2. The van der Waals surface area contributed by atoms with Crippen LogP contribution in [0.5, 0.6) is 0 Å². The highest BCUT2D eigenvalue weighted by atomic mass is 19.1. The van der Waals surface area contributed by atoms with E-state index in [0.29, 0.717) is 12.2 Å². The van der Waals surface area contributed by atoms with E-state index >= 15 is 0 Å². The van der Waals surface area contributed by atoms with Gasteiger partial charge in [0, 0.05) is 24.3 Å². The number of hydrogen-bond acceptors (Lipinski definition) is 3. The third kappa shape index (κ3) is 4.71. The van der Waals surface area contributed by atoms with Gasteiger partial charge in [-0.2, -0.15) is 0 Å². The van der Waals surface area contributed by atoms with Crippen LogP contribution in [0.15, 0.2) is 18.2 Å². The van der Waals surface area contributed by atoms with Gasteiger partial charge in [-0.3, -0.25) is 0 Å². The van der Waals surface area contributed by atoms with Gasteiger partial charge in [0.15, 0.2) is 0 Å². The maximum absolute atomic E-state index is 13.1. The molecule has 5 heteroatoms. The molecule has 0 saturated heterocycles. The summed E-state index contributed by atoms with van der Waals surface area (Å²) in [6.45, 7) is 7.57. The van der Waals surface area contributed by atoms with Crippen molar-refractivity contribution in [3.05, 3.63) is 29.6 Å². The highest BCUT2D eigenvalue weighted by Crippen LogP contribution is 2.14. The van der Waals surface area contributed by atoms with Gasteiger partial charge in [0.1, 0.15) is 5.82 Å². The molecule has 0 amide bonds. The fourth-order valence-electron chi connectivity index (χ4n) is 1.44. The van der Waals surface area contributed by atoms with E-state index in [1.165, 1.54) is 12.1 Å². The number of hydrogen-bond donors (Lipinski definition) is 3. The van der Waals surface area contributed by atoms with Crippen LogP contribution in [-0.4, -0.2) is 29.7 Å². The summed E-state index contributed by atoms with van der Waals surface area (Å²) in [4.78, 5) is 10.8. The molecule has 0 unspecified atom stereocenters. The van der Waals surface area contributed by atoms with E-state index in [0.717, 1.165) is 12.6 Å². The second-order valence-corrected chi connectivity index (χ2v) is 5.10. The minimum absolute atomic E-state index is 0.0384. The summed E-state index contributed by atoms with van der Waals surface area (Å²) in [7, 11) is 0. The Bertz CT molecular complexity index is 427. The first-order valence-corrected chi connectivity index (χ1v) is 5.81. The molecular weight excluding hydrogens is 235 g/mol. The van der Waals surface area contributed by atoms with Crippen LogP contribution in [0.2, 0.25) is 0 Å². The number of aromatic carboxylic acids is 1. The summed E-state index contributed by atoms with van der Waals surface area (Å²) in [5.41, 5.74) is 0.324. The van der Waals surface area contributed by atoms with E-state index in [1.807, 2.05) is 0 Å². The number of nitrogens with one attached hydrogen (secondary N) is 2. The molecule has 0 spiro atoms. The maximum Gasteiger partial charge on any atom is 0.338 e. The van der Waals surface area contributed by atoms with E-state index in [9.17, 15) is 9.18 Å². The molecule has 0 radical (unpaired) electrons. The summed E-state index contributed by atoms with van der Waals surface area (Å²) in [5.74, 6) is -1.98. The molecule has 0 aliphatic carbocycles. The van der Waals surface area contributed by atoms with Crippen LogP contribution in [0.3, 0.4) is 0 Å². The Balaban J connectivity index is 2.53. The average molecular weight is 254 g/mol. The number of halogens is 1. The SMILES string of the molecule is CC(C)(C)NCCNc1ccc(F)c(C(=O)O)c1. The molecule has 18 heavy (non-hydrogen) atoms. The molecule has 0 bridgehead atoms. The molecule has 0 saturated carbocycles. The number of carboxylic acids is 1. The standard InChI is InChI=1S/C13H19FN2O2/c1-13(2,3)16-7-6-15-9-4-5-11(14)10(8-9)12(17)18/h4-5,8,15-16H,6-7H2,1-3H3,(H,17,18). The second-order valence-electron chi connectivity index (χ2n) is 5.10. The fourth-order valence-corrected chi connectivity index (χ4v) is 1.44. The van der Waals surface area contributed by atoms with E-state index in [1.54, 1.807) is 0 Å². The van der Waals surface area contributed by atoms with Gasteiger partial charge in [0.25, 0.3) is 0 Å². The highest BCUT2D eigenvalue weighted by Gasteiger charge is 2.11. The summed E-state index contributed by atoms with van der Waals surface area (Å²) < 4.78 is 13.1. The Hall–Kier alpha value is -1.62. The number of anilines is 1. The lowest BCUT2D eigenvalue weighted by Crippen LogP contribution is -2.38. The van der Waals surface area contributed by atoms with Gasteiger partial charge < -0.3 is 15.7 Å². The van der Waals surface area contributed by atoms with Crippen LogP contribution in [0.4, 0.5) is 10.1 Å². The topological polar surface area (TPSA) is 61.4 Å². The van der Waals surface area contributed by atoms with Crippen molar-refractivity contribution in [1.82, 2.24) is 5.32 Å². The number of carboxylic acid groups (broad SMARTS) is 1. The molecule has 0 aliphatic heterocycles. The van der Waals surface area contributed by atoms with Crippen molar-refractivity contribution in [2.24, 2.45) is 0 Å². The summed E-state index contributed by atoms with van der Waals surface area (Å²) >= 11 is 0. The third-order valence-electron chi connectivity index (χ3n) is 2.31. The van der Waals surface area contributed by atoms with Gasteiger partial charge >= 0.3 is 5.97 Å². The highest BCUT2D eigenvalue weighted by molar-refractivity contribution is 5.89. The minimum Gasteiger partial charge on any atom is -0.478 e. The van der Waals surface area contributed by atoms with Crippen molar-refractivity contribution in [2.75, 3.05) is 18.4 Å². The van der Waals surface area contributed by atoms with Crippen molar-refractivity contribution in [2.45, 2.75) is 26.3 Å². The van der Waals surface area contributed by atoms with Crippen LogP contribution in [-0.2, 0) is 0 Å². The first-order chi connectivity index (χ1) is 8.29. The largest absolute Gasteiger partial charge is 0.478 e. The molecule has 1 rings (SSSR count). The quantitative estimate of drug-likeness (QED) is 0.706. The normalized spacial score (nSPS) is 11.3. The van der Waals surface area contributed by atoms with Gasteiger partial charge in [0.2, 0.25) is 0 Å². The molecule has 0 fully saturated rings. The van der Waals surface area contributed by atoms with Crippen molar-refractivity contribution in [1.29, 1.82) is 0 Å². The lowest BCUT2D eigenvalue weighted by atomic mass is 10.1. The smallest absolute Gasteiger partial charge is 0.338 e. The molecule has 0 atom stereocenters.